The van der Waals surface area contributed by atoms with Gasteiger partial charge in [-0.15, -0.1) is 0 Å². The summed E-state index contributed by atoms with van der Waals surface area (Å²) >= 11 is 0. The normalized spacial score (nSPS) is 19.1. The number of halogens is 3. The molecule has 36 heavy (non-hydrogen) atoms. The molecule has 1 amide bonds. The van der Waals surface area contributed by atoms with Gasteiger partial charge in [0.2, 0.25) is 0 Å². The average molecular weight is 504 g/mol. The van der Waals surface area contributed by atoms with Gasteiger partial charge in [0.25, 0.3) is 17.9 Å². The van der Waals surface area contributed by atoms with Crippen molar-refractivity contribution in [3.63, 3.8) is 0 Å². The van der Waals surface area contributed by atoms with E-state index in [4.69, 9.17) is 4.74 Å². The number of fused-ring (bicyclic) bond motifs is 1. The second kappa shape index (κ2) is 10.3. The summed E-state index contributed by atoms with van der Waals surface area (Å²) in [5, 5.41) is 3.40. The highest BCUT2D eigenvalue weighted by atomic mass is 19.3. The summed E-state index contributed by atoms with van der Waals surface area (Å²) in [6, 6.07) is 4.13. The van der Waals surface area contributed by atoms with Gasteiger partial charge in [0, 0.05) is 12.6 Å². The van der Waals surface area contributed by atoms with Gasteiger partial charge >= 0.3 is 0 Å². The van der Waals surface area contributed by atoms with E-state index in [-0.39, 0.29) is 34.7 Å². The first-order valence-electron chi connectivity index (χ1n) is 11.7. The average Bonchev–Trinajstić information content (AvgIpc) is 2.85. The van der Waals surface area contributed by atoms with E-state index >= 15 is 0 Å². The van der Waals surface area contributed by atoms with Crippen LogP contribution in [0, 0.1) is 5.82 Å². The number of anilines is 1. The first-order chi connectivity index (χ1) is 17.1. The minimum absolute atomic E-state index is 0.0358. The number of carbonyl (C=O) groups excluding carboxylic acids is 1. The van der Waals surface area contributed by atoms with Gasteiger partial charge in [-0.3, -0.25) is 14.2 Å². The van der Waals surface area contributed by atoms with Gasteiger partial charge in [-0.05, 0) is 26.3 Å². The summed E-state index contributed by atoms with van der Waals surface area (Å²) in [7, 11) is 1.51. The Morgan fingerprint density at radius 1 is 1.25 bits per heavy atom. The number of rotatable bonds is 6. The Balaban J connectivity index is 1.77. The number of amides is 1. The fraction of sp³-hybridized carbons (Fsp3) is 0.440. The molecule has 3 atom stereocenters. The van der Waals surface area contributed by atoms with Crippen molar-refractivity contribution in [1.82, 2.24) is 19.4 Å². The minimum atomic E-state index is -2.95. The molecule has 0 bridgehead atoms. The molecular formula is C25H28F3N5O3. The number of hydrogen-bond acceptors (Lipinski definition) is 6. The fourth-order valence-corrected chi connectivity index (χ4v) is 4.61. The van der Waals surface area contributed by atoms with Crippen molar-refractivity contribution >= 4 is 22.8 Å². The molecule has 3 aromatic rings. The monoisotopic (exact) mass is 503 g/mol. The van der Waals surface area contributed by atoms with Gasteiger partial charge in [0.1, 0.15) is 29.2 Å². The predicted octanol–water partition coefficient (Wildman–Crippen LogP) is 4.22. The number of nitrogens with one attached hydrogen (secondary N) is 1. The lowest BCUT2D eigenvalue weighted by atomic mass is 10.0. The van der Waals surface area contributed by atoms with Crippen LogP contribution in [-0.4, -0.2) is 50.6 Å². The van der Waals surface area contributed by atoms with Gasteiger partial charge in [0.05, 0.1) is 42.3 Å². The Morgan fingerprint density at radius 3 is 2.67 bits per heavy atom. The van der Waals surface area contributed by atoms with Crippen LogP contribution in [0.25, 0.3) is 11.0 Å². The number of carbonyl (C=O) groups is 1. The molecule has 11 heteroatoms. The quantitative estimate of drug-likeness (QED) is 0.542. The topological polar surface area (TPSA) is 89.3 Å². The fourth-order valence-electron chi connectivity index (χ4n) is 4.61. The Hall–Kier alpha value is -3.47. The molecule has 192 valence electrons. The third kappa shape index (κ3) is 4.55. The maximum Gasteiger partial charge on any atom is 0.266 e. The van der Waals surface area contributed by atoms with E-state index < -0.39 is 35.3 Å². The van der Waals surface area contributed by atoms with Gasteiger partial charge in [-0.1, -0.05) is 25.1 Å². The summed E-state index contributed by atoms with van der Waals surface area (Å²) in [6.45, 7) is 6.18. The molecule has 2 aromatic heterocycles. The van der Waals surface area contributed by atoms with Crippen molar-refractivity contribution < 1.29 is 22.7 Å². The highest BCUT2D eigenvalue weighted by Gasteiger charge is 2.34. The summed E-state index contributed by atoms with van der Waals surface area (Å²) in [5.41, 5.74) is -0.934. The van der Waals surface area contributed by atoms with Crippen molar-refractivity contribution in [2.75, 3.05) is 18.5 Å². The Kier molecular flexibility index (Phi) is 7.30. The van der Waals surface area contributed by atoms with E-state index in [0.29, 0.717) is 25.0 Å². The SMILES string of the molecule is CCC1COCC(C)N1C(=O)c1cc2c(N[C@H](C)c3cccc(C(F)F)c3F)ncnc2n(C)c1=O. The zero-order chi connectivity index (χ0) is 26.1. The summed E-state index contributed by atoms with van der Waals surface area (Å²) in [6.07, 6.45) is -1.04. The first-order valence-corrected chi connectivity index (χ1v) is 11.7. The zero-order valence-corrected chi connectivity index (χ0v) is 20.5. The highest BCUT2D eigenvalue weighted by Crippen LogP contribution is 2.30. The van der Waals surface area contributed by atoms with Crippen LogP contribution >= 0.6 is 0 Å². The molecule has 8 nitrogen and oxygen atoms in total. The van der Waals surface area contributed by atoms with Gasteiger partial charge in [0.15, 0.2) is 0 Å². The van der Waals surface area contributed by atoms with Crippen LogP contribution in [0.5, 0.6) is 0 Å². The van der Waals surface area contributed by atoms with Gasteiger partial charge in [-0.2, -0.15) is 0 Å². The van der Waals surface area contributed by atoms with Crippen LogP contribution in [0.2, 0.25) is 0 Å². The molecule has 1 N–H and O–H groups in total. The molecule has 0 aliphatic carbocycles. The number of benzene rings is 1. The third-order valence-corrected chi connectivity index (χ3v) is 6.59. The largest absolute Gasteiger partial charge is 0.377 e. The van der Waals surface area contributed by atoms with Crippen LogP contribution in [0.4, 0.5) is 19.0 Å². The highest BCUT2D eigenvalue weighted by molar-refractivity contribution is 5.99. The summed E-state index contributed by atoms with van der Waals surface area (Å²) in [4.78, 5) is 36.8. The molecule has 2 unspecified atom stereocenters. The number of alkyl halides is 2. The summed E-state index contributed by atoms with van der Waals surface area (Å²) in [5.74, 6) is -1.18. The van der Waals surface area contributed by atoms with E-state index in [9.17, 15) is 22.8 Å². The maximum absolute atomic E-state index is 14.7. The number of ether oxygens (including phenoxy) is 1. The number of aryl methyl sites for hydroxylation is 1. The molecule has 1 aliphatic heterocycles. The number of nitrogens with zero attached hydrogens (tertiary/aromatic N) is 4. The van der Waals surface area contributed by atoms with Crippen molar-refractivity contribution in [3.05, 3.63) is 63.5 Å². The second-order valence-electron chi connectivity index (χ2n) is 8.96. The molecular weight excluding hydrogens is 475 g/mol. The van der Waals surface area contributed by atoms with E-state index in [1.165, 1.54) is 36.1 Å². The molecule has 4 rings (SSSR count). The molecule has 0 spiro atoms. The Morgan fingerprint density at radius 2 is 1.97 bits per heavy atom. The molecule has 1 saturated heterocycles. The maximum atomic E-state index is 14.7. The van der Waals surface area contributed by atoms with Crippen molar-refractivity contribution in [2.45, 2.75) is 51.7 Å². The van der Waals surface area contributed by atoms with Crippen LogP contribution in [-0.2, 0) is 11.8 Å². The molecule has 1 fully saturated rings. The van der Waals surface area contributed by atoms with Crippen molar-refractivity contribution in [1.29, 1.82) is 0 Å². The summed E-state index contributed by atoms with van der Waals surface area (Å²) < 4.78 is 47.9. The molecule has 1 aliphatic rings. The minimum Gasteiger partial charge on any atom is -0.377 e. The molecule has 0 radical (unpaired) electrons. The lowest BCUT2D eigenvalue weighted by Gasteiger charge is -2.40. The molecule has 3 heterocycles. The third-order valence-electron chi connectivity index (χ3n) is 6.59. The van der Waals surface area contributed by atoms with Gasteiger partial charge < -0.3 is 15.0 Å². The standard InChI is InChI=1S/C25H28F3N5O3/c1-5-15-11-36-10-13(2)33(15)25(35)19-9-18-22(29-12-30-23(18)32(4)24(19)34)31-14(3)16-7-6-8-17(20(16)26)21(27)28/h6-9,12-15,21H,5,10-11H2,1-4H3,(H,29,30,31)/t13?,14-,15?/m1/s1. The van der Waals surface area contributed by atoms with E-state index in [1.54, 1.807) is 11.8 Å². The predicted molar refractivity (Wildman–Crippen MR) is 129 cm³/mol. The molecule has 1 aromatic carbocycles. The van der Waals surface area contributed by atoms with E-state index in [1.807, 2.05) is 13.8 Å². The Labute approximate surface area is 206 Å². The van der Waals surface area contributed by atoms with Crippen LogP contribution in [0.15, 0.2) is 35.4 Å². The smallest absolute Gasteiger partial charge is 0.266 e. The number of pyridine rings is 1. The molecule has 0 saturated carbocycles. The van der Waals surface area contributed by atoms with Gasteiger partial charge in [-0.25, -0.2) is 23.1 Å². The van der Waals surface area contributed by atoms with Crippen molar-refractivity contribution in [3.8, 4) is 0 Å². The number of aromatic nitrogens is 3. The first kappa shape index (κ1) is 25.6. The van der Waals surface area contributed by atoms with E-state index in [0.717, 1.165) is 6.07 Å². The van der Waals surface area contributed by atoms with Crippen LogP contribution in [0.1, 0.15) is 61.1 Å². The number of hydrogen-bond donors (Lipinski definition) is 1. The lowest BCUT2D eigenvalue weighted by Crippen LogP contribution is -2.54. The zero-order valence-electron chi connectivity index (χ0n) is 20.5. The van der Waals surface area contributed by atoms with Crippen LogP contribution < -0.4 is 10.9 Å². The van der Waals surface area contributed by atoms with Crippen LogP contribution in [0.3, 0.4) is 0 Å². The van der Waals surface area contributed by atoms with Crippen molar-refractivity contribution in [2.24, 2.45) is 7.05 Å². The lowest BCUT2D eigenvalue weighted by molar-refractivity contribution is -0.0314. The number of morpholine rings is 1. The second-order valence-corrected chi connectivity index (χ2v) is 8.96. The van der Waals surface area contributed by atoms with E-state index in [2.05, 4.69) is 15.3 Å². The Bertz CT molecular complexity index is 1350.